The molecule has 0 amide bonds. The second-order valence-corrected chi connectivity index (χ2v) is 4.05. The fourth-order valence-corrected chi connectivity index (χ4v) is 1.34. The molecule has 0 saturated carbocycles. The molecule has 0 spiro atoms. The molecule has 0 N–H and O–H groups in total. The Kier molecular flexibility index (Phi) is 5.80. The number of ether oxygens (including phenoxy) is 2. The molecule has 0 heterocycles. The number of esters is 1. The minimum absolute atomic E-state index is 0.251. The average molecular weight is 258 g/mol. The molecule has 0 atom stereocenters. The van der Waals surface area contributed by atoms with E-state index in [4.69, 9.17) is 16.3 Å². The number of carbonyl (C=O) groups excluding carboxylic acids is 1. The first kappa shape index (κ1) is 13.8. The van der Waals surface area contributed by atoms with Gasteiger partial charge in [-0.1, -0.05) is 11.6 Å². The minimum Gasteiger partial charge on any atom is -0.492 e. The first-order chi connectivity index (χ1) is 8.11. The van der Waals surface area contributed by atoms with E-state index in [1.165, 1.54) is 7.11 Å². The zero-order chi connectivity index (χ0) is 12.7. The smallest absolute Gasteiger partial charge is 0.319 e. The predicted octanol–water partition coefficient (Wildman–Crippen LogP) is 1.82. The highest BCUT2D eigenvalue weighted by molar-refractivity contribution is 6.30. The van der Waals surface area contributed by atoms with E-state index in [9.17, 15) is 4.79 Å². The van der Waals surface area contributed by atoms with E-state index in [0.717, 1.165) is 5.75 Å². The Bertz CT molecular complexity index is 353. The Hall–Kier alpha value is -1.26. The van der Waals surface area contributed by atoms with Gasteiger partial charge < -0.3 is 9.47 Å². The van der Waals surface area contributed by atoms with Crippen LogP contribution in [0, 0.1) is 0 Å². The van der Waals surface area contributed by atoms with Crippen LogP contribution in [0.3, 0.4) is 0 Å². The highest BCUT2D eigenvalue weighted by Gasteiger charge is 2.05. The van der Waals surface area contributed by atoms with Crippen LogP contribution in [0.5, 0.6) is 5.75 Å². The number of hydrogen-bond donors (Lipinski definition) is 0. The topological polar surface area (TPSA) is 38.8 Å². The SMILES string of the molecule is COC(=O)CN(C)CCOc1ccc(Cl)cc1. The zero-order valence-corrected chi connectivity index (χ0v) is 10.7. The van der Waals surface area contributed by atoms with Crippen molar-refractivity contribution in [1.82, 2.24) is 4.90 Å². The molecule has 1 aromatic rings. The van der Waals surface area contributed by atoms with E-state index in [1.54, 1.807) is 12.1 Å². The quantitative estimate of drug-likeness (QED) is 0.729. The number of methoxy groups -OCH3 is 1. The van der Waals surface area contributed by atoms with E-state index in [1.807, 2.05) is 24.1 Å². The molecule has 0 aliphatic heterocycles. The fraction of sp³-hybridized carbons (Fsp3) is 0.417. The van der Waals surface area contributed by atoms with Crippen LogP contribution in [0.4, 0.5) is 0 Å². The molecular weight excluding hydrogens is 242 g/mol. The number of nitrogens with zero attached hydrogens (tertiary/aromatic N) is 1. The number of likely N-dealkylation sites (N-methyl/N-ethyl adjacent to an activating group) is 1. The molecule has 94 valence electrons. The Morgan fingerprint density at radius 1 is 1.35 bits per heavy atom. The van der Waals surface area contributed by atoms with Gasteiger partial charge in [0, 0.05) is 11.6 Å². The van der Waals surface area contributed by atoms with Crippen molar-refractivity contribution in [3.8, 4) is 5.75 Å². The summed E-state index contributed by atoms with van der Waals surface area (Å²) in [6.07, 6.45) is 0. The van der Waals surface area contributed by atoms with Crippen LogP contribution in [0.25, 0.3) is 0 Å². The van der Waals surface area contributed by atoms with Crippen LogP contribution in [0.1, 0.15) is 0 Å². The molecule has 0 radical (unpaired) electrons. The lowest BCUT2D eigenvalue weighted by atomic mass is 10.3. The molecular formula is C12H16ClNO3. The monoisotopic (exact) mass is 257 g/mol. The summed E-state index contributed by atoms with van der Waals surface area (Å²) in [5, 5.41) is 0.681. The molecule has 0 saturated heterocycles. The largest absolute Gasteiger partial charge is 0.492 e. The van der Waals surface area contributed by atoms with Crippen molar-refractivity contribution < 1.29 is 14.3 Å². The van der Waals surface area contributed by atoms with Crippen molar-refractivity contribution in [2.75, 3.05) is 33.9 Å². The van der Waals surface area contributed by atoms with Gasteiger partial charge in [0.05, 0.1) is 13.7 Å². The number of carbonyl (C=O) groups is 1. The predicted molar refractivity (Wildman–Crippen MR) is 66.5 cm³/mol. The van der Waals surface area contributed by atoms with Crippen LogP contribution in [-0.2, 0) is 9.53 Å². The van der Waals surface area contributed by atoms with Crippen LogP contribution in [0.15, 0.2) is 24.3 Å². The first-order valence-electron chi connectivity index (χ1n) is 5.25. The Balaban J connectivity index is 2.23. The van der Waals surface area contributed by atoms with Gasteiger partial charge in [-0.3, -0.25) is 9.69 Å². The summed E-state index contributed by atoms with van der Waals surface area (Å²) >= 11 is 5.75. The molecule has 0 aromatic heterocycles. The van der Waals surface area contributed by atoms with Crippen LogP contribution < -0.4 is 4.74 Å². The van der Waals surface area contributed by atoms with E-state index in [0.29, 0.717) is 18.2 Å². The van der Waals surface area contributed by atoms with Gasteiger partial charge >= 0.3 is 5.97 Å². The van der Waals surface area contributed by atoms with E-state index in [2.05, 4.69) is 4.74 Å². The van der Waals surface area contributed by atoms with Gasteiger partial charge in [0.25, 0.3) is 0 Å². The fourth-order valence-electron chi connectivity index (χ4n) is 1.21. The van der Waals surface area contributed by atoms with Crippen molar-refractivity contribution in [3.05, 3.63) is 29.3 Å². The third-order valence-corrected chi connectivity index (χ3v) is 2.43. The maximum Gasteiger partial charge on any atom is 0.319 e. The lowest BCUT2D eigenvalue weighted by Gasteiger charge is -2.15. The van der Waals surface area contributed by atoms with E-state index >= 15 is 0 Å². The van der Waals surface area contributed by atoms with Gasteiger partial charge in [-0.2, -0.15) is 0 Å². The molecule has 1 rings (SSSR count). The van der Waals surface area contributed by atoms with Crippen molar-refractivity contribution in [2.45, 2.75) is 0 Å². The number of benzene rings is 1. The first-order valence-corrected chi connectivity index (χ1v) is 5.63. The van der Waals surface area contributed by atoms with Crippen LogP contribution in [0.2, 0.25) is 5.02 Å². The second-order valence-electron chi connectivity index (χ2n) is 3.62. The van der Waals surface area contributed by atoms with Gasteiger partial charge in [0.15, 0.2) is 0 Å². The molecule has 0 aliphatic rings. The summed E-state index contributed by atoms with van der Waals surface area (Å²) in [7, 11) is 3.21. The molecule has 0 unspecified atom stereocenters. The number of rotatable bonds is 6. The lowest BCUT2D eigenvalue weighted by molar-refractivity contribution is -0.141. The van der Waals surface area contributed by atoms with Gasteiger partial charge in [-0.05, 0) is 31.3 Å². The lowest BCUT2D eigenvalue weighted by Crippen LogP contribution is -2.30. The van der Waals surface area contributed by atoms with Crippen molar-refractivity contribution >= 4 is 17.6 Å². The van der Waals surface area contributed by atoms with Gasteiger partial charge in [0.1, 0.15) is 12.4 Å². The van der Waals surface area contributed by atoms with Crippen molar-refractivity contribution in [2.24, 2.45) is 0 Å². The molecule has 1 aromatic carbocycles. The van der Waals surface area contributed by atoms with Crippen LogP contribution >= 0.6 is 11.6 Å². The van der Waals surface area contributed by atoms with Crippen molar-refractivity contribution in [1.29, 1.82) is 0 Å². The molecule has 0 fully saturated rings. The Labute approximate surface area is 106 Å². The minimum atomic E-state index is -0.251. The summed E-state index contributed by atoms with van der Waals surface area (Å²) in [6.45, 7) is 1.42. The standard InChI is InChI=1S/C12H16ClNO3/c1-14(9-12(15)16-2)7-8-17-11-5-3-10(13)4-6-11/h3-6H,7-9H2,1-2H3. The summed E-state index contributed by atoms with van der Waals surface area (Å²) < 4.78 is 10.1. The van der Waals surface area contributed by atoms with E-state index in [-0.39, 0.29) is 12.5 Å². The number of hydrogen-bond acceptors (Lipinski definition) is 4. The molecule has 0 aliphatic carbocycles. The van der Waals surface area contributed by atoms with Gasteiger partial charge in [0.2, 0.25) is 0 Å². The Morgan fingerprint density at radius 3 is 2.59 bits per heavy atom. The van der Waals surface area contributed by atoms with Crippen molar-refractivity contribution in [3.63, 3.8) is 0 Å². The summed E-state index contributed by atoms with van der Waals surface area (Å²) in [4.78, 5) is 12.8. The third-order valence-electron chi connectivity index (χ3n) is 2.18. The molecule has 5 heteroatoms. The molecule has 0 bridgehead atoms. The van der Waals surface area contributed by atoms with Gasteiger partial charge in [-0.25, -0.2) is 0 Å². The maximum atomic E-state index is 11.0. The summed E-state index contributed by atoms with van der Waals surface area (Å²) in [6, 6.07) is 7.16. The second kappa shape index (κ2) is 7.14. The van der Waals surface area contributed by atoms with Crippen LogP contribution in [-0.4, -0.2) is 44.7 Å². The molecule has 4 nitrogen and oxygen atoms in total. The Morgan fingerprint density at radius 2 is 2.00 bits per heavy atom. The van der Waals surface area contributed by atoms with Gasteiger partial charge in [-0.15, -0.1) is 0 Å². The maximum absolute atomic E-state index is 11.0. The summed E-state index contributed by atoms with van der Waals surface area (Å²) in [5.41, 5.74) is 0. The summed E-state index contributed by atoms with van der Waals surface area (Å²) in [5.74, 6) is 0.514. The zero-order valence-electron chi connectivity index (χ0n) is 9.98. The highest BCUT2D eigenvalue weighted by Crippen LogP contribution is 2.15. The normalized spacial score (nSPS) is 10.4. The molecule has 17 heavy (non-hydrogen) atoms. The van der Waals surface area contributed by atoms with E-state index < -0.39 is 0 Å². The number of halogens is 1. The highest BCUT2D eigenvalue weighted by atomic mass is 35.5. The average Bonchev–Trinajstić information content (AvgIpc) is 2.31. The third kappa shape index (κ3) is 5.56.